The van der Waals surface area contributed by atoms with Crippen molar-refractivity contribution in [2.75, 3.05) is 13.2 Å². The third-order valence-electron chi connectivity index (χ3n) is 3.41. The summed E-state index contributed by atoms with van der Waals surface area (Å²) in [6, 6.07) is 5.15. The molecule has 1 aromatic rings. The fraction of sp³-hybridized carbons (Fsp3) is 0.429. The molecule has 1 amide bonds. The van der Waals surface area contributed by atoms with Crippen LogP contribution in [0.1, 0.15) is 23.2 Å². The van der Waals surface area contributed by atoms with Crippen LogP contribution in [0.25, 0.3) is 0 Å². The van der Waals surface area contributed by atoms with Gasteiger partial charge < -0.3 is 15.2 Å². The summed E-state index contributed by atoms with van der Waals surface area (Å²) >= 11 is 0. The summed E-state index contributed by atoms with van der Waals surface area (Å²) in [6.45, 7) is -1.37. The predicted molar refractivity (Wildman–Crippen MR) is 69.6 cm³/mol. The smallest absolute Gasteiger partial charge is 0.422 e. The molecule has 8 heteroatoms. The molecule has 0 spiro atoms. The summed E-state index contributed by atoms with van der Waals surface area (Å²) in [7, 11) is 0. The molecule has 0 saturated heterocycles. The number of rotatable bonds is 6. The van der Waals surface area contributed by atoms with Crippen LogP contribution in [0.4, 0.5) is 13.2 Å². The van der Waals surface area contributed by atoms with Crippen molar-refractivity contribution >= 4 is 11.9 Å². The minimum absolute atomic E-state index is 0.00178. The number of amides is 1. The Bertz CT molecular complexity index is 564. The van der Waals surface area contributed by atoms with Crippen molar-refractivity contribution in [3.05, 3.63) is 29.8 Å². The van der Waals surface area contributed by atoms with Gasteiger partial charge in [0, 0.05) is 12.1 Å². The van der Waals surface area contributed by atoms with Crippen LogP contribution in [0.15, 0.2) is 24.3 Å². The summed E-state index contributed by atoms with van der Waals surface area (Å²) in [6.07, 6.45) is -3.38. The van der Waals surface area contributed by atoms with E-state index in [2.05, 4.69) is 10.1 Å². The molecule has 5 nitrogen and oxygen atoms in total. The number of carboxylic acid groups (broad SMARTS) is 1. The van der Waals surface area contributed by atoms with E-state index in [1.165, 1.54) is 24.3 Å². The van der Waals surface area contributed by atoms with Gasteiger partial charge in [-0.3, -0.25) is 9.59 Å². The van der Waals surface area contributed by atoms with E-state index in [1.54, 1.807) is 0 Å². The number of alkyl halides is 3. The average Bonchev–Trinajstić information content (AvgIpc) is 3.23. The number of carbonyl (C=O) groups excluding carboxylic acids is 1. The number of hydrogen-bond acceptors (Lipinski definition) is 3. The number of benzene rings is 1. The molecule has 0 radical (unpaired) electrons. The third-order valence-corrected chi connectivity index (χ3v) is 3.41. The van der Waals surface area contributed by atoms with Gasteiger partial charge in [0.2, 0.25) is 0 Å². The van der Waals surface area contributed by atoms with Gasteiger partial charge in [0.15, 0.2) is 6.61 Å². The highest BCUT2D eigenvalue weighted by Crippen LogP contribution is 2.45. The second-order valence-corrected chi connectivity index (χ2v) is 5.20. The second-order valence-electron chi connectivity index (χ2n) is 5.20. The minimum atomic E-state index is -4.43. The second kappa shape index (κ2) is 5.86. The van der Waals surface area contributed by atoms with Gasteiger partial charge in [-0.15, -0.1) is 0 Å². The molecule has 2 rings (SSSR count). The summed E-state index contributed by atoms with van der Waals surface area (Å²) in [5, 5.41) is 11.5. The van der Waals surface area contributed by atoms with E-state index in [0.717, 1.165) is 0 Å². The molecule has 0 aliphatic heterocycles. The molecular weight excluding hydrogens is 303 g/mol. The summed E-state index contributed by atoms with van der Waals surface area (Å²) in [4.78, 5) is 22.8. The van der Waals surface area contributed by atoms with Crippen molar-refractivity contribution in [2.45, 2.75) is 19.0 Å². The quantitative estimate of drug-likeness (QED) is 0.843. The van der Waals surface area contributed by atoms with Crippen LogP contribution < -0.4 is 10.1 Å². The SMILES string of the molecule is O=C(NCC1(C(=O)O)CC1)c1ccc(OCC(F)(F)F)cc1. The van der Waals surface area contributed by atoms with E-state index < -0.39 is 30.1 Å². The van der Waals surface area contributed by atoms with Crippen LogP contribution in [0.5, 0.6) is 5.75 Å². The molecule has 22 heavy (non-hydrogen) atoms. The Kier molecular flexibility index (Phi) is 4.30. The minimum Gasteiger partial charge on any atom is -0.484 e. The van der Waals surface area contributed by atoms with Crippen LogP contribution in [-0.4, -0.2) is 36.3 Å². The number of carboxylic acids is 1. The zero-order valence-corrected chi connectivity index (χ0v) is 11.4. The van der Waals surface area contributed by atoms with E-state index >= 15 is 0 Å². The van der Waals surface area contributed by atoms with Gasteiger partial charge in [-0.05, 0) is 37.1 Å². The lowest BCUT2D eigenvalue weighted by Crippen LogP contribution is -2.34. The number of hydrogen-bond donors (Lipinski definition) is 2. The number of halogens is 3. The van der Waals surface area contributed by atoms with E-state index in [1.807, 2.05) is 0 Å². The van der Waals surface area contributed by atoms with Gasteiger partial charge in [-0.25, -0.2) is 0 Å². The largest absolute Gasteiger partial charge is 0.484 e. The maximum absolute atomic E-state index is 12.0. The summed E-state index contributed by atoms with van der Waals surface area (Å²) in [5.41, 5.74) is -0.647. The van der Waals surface area contributed by atoms with Crippen molar-refractivity contribution < 1.29 is 32.6 Å². The average molecular weight is 317 g/mol. The summed E-state index contributed by atoms with van der Waals surface area (Å²) in [5.74, 6) is -1.42. The normalized spacial score (nSPS) is 16.0. The fourth-order valence-corrected chi connectivity index (χ4v) is 1.84. The van der Waals surface area contributed by atoms with Crippen LogP contribution in [0, 0.1) is 5.41 Å². The highest BCUT2D eigenvalue weighted by molar-refractivity contribution is 5.94. The number of carbonyl (C=O) groups is 2. The van der Waals surface area contributed by atoms with Crippen molar-refractivity contribution in [3.8, 4) is 5.75 Å². The fourth-order valence-electron chi connectivity index (χ4n) is 1.84. The zero-order valence-electron chi connectivity index (χ0n) is 11.4. The summed E-state index contributed by atoms with van der Waals surface area (Å²) < 4.78 is 40.5. The highest BCUT2D eigenvalue weighted by atomic mass is 19.4. The number of ether oxygens (including phenoxy) is 1. The van der Waals surface area contributed by atoms with E-state index in [9.17, 15) is 22.8 Å². The molecule has 2 N–H and O–H groups in total. The lowest BCUT2D eigenvalue weighted by Gasteiger charge is -2.12. The van der Waals surface area contributed by atoms with Crippen molar-refractivity contribution in [2.24, 2.45) is 5.41 Å². The molecule has 0 atom stereocenters. The first-order chi connectivity index (χ1) is 10.2. The van der Waals surface area contributed by atoms with E-state index in [-0.39, 0.29) is 17.9 Å². The number of aliphatic carboxylic acids is 1. The zero-order chi connectivity index (χ0) is 16.4. The molecule has 1 fully saturated rings. The van der Waals surface area contributed by atoms with Crippen molar-refractivity contribution in [1.82, 2.24) is 5.32 Å². The first-order valence-corrected chi connectivity index (χ1v) is 6.53. The van der Waals surface area contributed by atoms with E-state index in [4.69, 9.17) is 5.11 Å². The van der Waals surface area contributed by atoms with Crippen LogP contribution in [0.3, 0.4) is 0 Å². The van der Waals surface area contributed by atoms with Crippen LogP contribution in [-0.2, 0) is 4.79 Å². The maximum atomic E-state index is 12.0. The Hall–Kier alpha value is -2.25. The molecule has 1 aromatic carbocycles. The molecule has 1 saturated carbocycles. The van der Waals surface area contributed by atoms with Gasteiger partial charge in [-0.2, -0.15) is 13.2 Å². The Morgan fingerprint density at radius 3 is 2.27 bits per heavy atom. The Labute approximate surface area is 124 Å². The maximum Gasteiger partial charge on any atom is 0.422 e. The lowest BCUT2D eigenvalue weighted by molar-refractivity contribution is -0.153. The van der Waals surface area contributed by atoms with Gasteiger partial charge in [-0.1, -0.05) is 0 Å². The van der Waals surface area contributed by atoms with Gasteiger partial charge in [0.1, 0.15) is 5.75 Å². The van der Waals surface area contributed by atoms with Crippen molar-refractivity contribution in [3.63, 3.8) is 0 Å². The molecule has 0 aromatic heterocycles. The third kappa shape index (κ3) is 4.12. The monoisotopic (exact) mass is 317 g/mol. The molecular formula is C14H14F3NO4. The first kappa shape index (κ1) is 16.1. The molecule has 0 unspecified atom stereocenters. The standard InChI is InChI=1S/C14H14F3NO4/c15-14(16,17)8-22-10-3-1-9(2-4-10)11(19)18-7-13(5-6-13)12(20)21/h1-4H,5-8H2,(H,18,19)(H,20,21). The Morgan fingerprint density at radius 1 is 1.23 bits per heavy atom. The Morgan fingerprint density at radius 2 is 1.82 bits per heavy atom. The molecule has 0 bridgehead atoms. The molecule has 1 aliphatic rings. The van der Waals surface area contributed by atoms with Crippen molar-refractivity contribution in [1.29, 1.82) is 0 Å². The van der Waals surface area contributed by atoms with Gasteiger partial charge in [0.05, 0.1) is 5.41 Å². The predicted octanol–water partition coefficient (Wildman–Crippen LogP) is 2.22. The van der Waals surface area contributed by atoms with Crippen LogP contribution >= 0.6 is 0 Å². The highest BCUT2D eigenvalue weighted by Gasteiger charge is 2.50. The van der Waals surface area contributed by atoms with Gasteiger partial charge in [0.25, 0.3) is 5.91 Å². The van der Waals surface area contributed by atoms with Gasteiger partial charge >= 0.3 is 12.1 Å². The lowest BCUT2D eigenvalue weighted by atomic mass is 10.1. The molecule has 0 heterocycles. The molecule has 120 valence electrons. The Balaban J connectivity index is 1.87. The topological polar surface area (TPSA) is 75.6 Å². The van der Waals surface area contributed by atoms with Crippen LogP contribution in [0.2, 0.25) is 0 Å². The number of nitrogens with one attached hydrogen (secondary N) is 1. The first-order valence-electron chi connectivity index (χ1n) is 6.53. The molecule has 1 aliphatic carbocycles. The van der Waals surface area contributed by atoms with E-state index in [0.29, 0.717) is 12.8 Å².